The molecule has 0 aromatic heterocycles. The van der Waals surface area contributed by atoms with Crippen LogP contribution in [0.1, 0.15) is 74.7 Å². The highest BCUT2D eigenvalue weighted by Gasteiger charge is 2.40. The van der Waals surface area contributed by atoms with Gasteiger partial charge in [0, 0.05) is 19.2 Å². The number of likely N-dealkylation sites (N-methyl/N-ethyl adjacent to an activating group) is 1. The van der Waals surface area contributed by atoms with E-state index in [1.807, 2.05) is 60.5 Å². The number of rotatable bonds is 15. The van der Waals surface area contributed by atoms with Crippen molar-refractivity contribution >= 4 is 29.5 Å². The average molecular weight is 580 g/mol. The van der Waals surface area contributed by atoms with Gasteiger partial charge in [0.15, 0.2) is 0 Å². The third kappa shape index (κ3) is 11.2. The molecule has 0 bridgehead atoms. The lowest BCUT2D eigenvalue weighted by Gasteiger charge is -2.30. The van der Waals surface area contributed by atoms with E-state index in [-0.39, 0.29) is 48.1 Å². The van der Waals surface area contributed by atoms with E-state index in [9.17, 15) is 24.0 Å². The van der Waals surface area contributed by atoms with Crippen molar-refractivity contribution in [2.24, 2.45) is 17.8 Å². The van der Waals surface area contributed by atoms with Gasteiger partial charge in [-0.2, -0.15) is 0 Å². The summed E-state index contributed by atoms with van der Waals surface area (Å²) in [6, 6.07) is -2.95. The van der Waals surface area contributed by atoms with Crippen LogP contribution < -0.4 is 16.0 Å². The Balaban J connectivity index is 2.97. The van der Waals surface area contributed by atoms with Crippen LogP contribution in [-0.4, -0.2) is 96.9 Å². The normalized spacial score (nSPS) is 20.6. The maximum absolute atomic E-state index is 13.4. The number of methoxy groups -OCH3 is 1. The van der Waals surface area contributed by atoms with Gasteiger partial charge < -0.3 is 20.7 Å². The summed E-state index contributed by atoms with van der Waals surface area (Å²) in [5, 5.41) is 8.60. The molecule has 6 atom stereocenters. The Kier molecular flexibility index (Phi) is 14.7. The molecule has 1 aliphatic heterocycles. The first-order valence-corrected chi connectivity index (χ1v) is 14.6. The van der Waals surface area contributed by atoms with Gasteiger partial charge in [-0.05, 0) is 58.5 Å². The van der Waals surface area contributed by atoms with Crippen LogP contribution in [0, 0.1) is 17.8 Å². The lowest BCUT2D eigenvalue weighted by Crippen LogP contribution is -2.57. The predicted octanol–water partition coefficient (Wildman–Crippen LogP) is 1.86. The van der Waals surface area contributed by atoms with Crippen molar-refractivity contribution in [3.8, 4) is 0 Å². The van der Waals surface area contributed by atoms with E-state index < -0.39 is 41.9 Å². The number of carbonyl (C=O) groups excluding carboxylic acids is 5. The quantitative estimate of drug-likeness (QED) is 0.252. The van der Waals surface area contributed by atoms with Crippen molar-refractivity contribution < 1.29 is 28.7 Å². The van der Waals surface area contributed by atoms with Crippen molar-refractivity contribution in [2.75, 3.05) is 21.2 Å². The number of imide groups is 1. The molecule has 1 heterocycles. The van der Waals surface area contributed by atoms with Crippen molar-refractivity contribution in [2.45, 2.75) is 111 Å². The van der Waals surface area contributed by atoms with Crippen molar-refractivity contribution in [1.82, 2.24) is 25.8 Å². The van der Waals surface area contributed by atoms with Crippen molar-refractivity contribution in [3.63, 3.8) is 0 Å². The number of hydrogen-bond donors (Lipinski definition) is 3. The van der Waals surface area contributed by atoms with Crippen LogP contribution in [0.3, 0.4) is 0 Å². The lowest BCUT2D eigenvalue weighted by atomic mass is 9.98. The Morgan fingerprint density at radius 1 is 0.902 bits per heavy atom. The molecule has 1 rings (SSSR count). The number of ether oxygens (including phenoxy) is 1. The van der Waals surface area contributed by atoms with Gasteiger partial charge in [0.2, 0.25) is 23.6 Å². The molecule has 234 valence electrons. The Morgan fingerprint density at radius 2 is 1.39 bits per heavy atom. The van der Waals surface area contributed by atoms with Crippen LogP contribution in [0.15, 0.2) is 12.2 Å². The molecule has 1 aliphatic rings. The summed E-state index contributed by atoms with van der Waals surface area (Å²) >= 11 is 0. The lowest BCUT2D eigenvalue weighted by molar-refractivity contribution is -0.140. The highest BCUT2D eigenvalue weighted by Crippen LogP contribution is 2.22. The van der Waals surface area contributed by atoms with E-state index >= 15 is 0 Å². The molecule has 1 unspecified atom stereocenters. The van der Waals surface area contributed by atoms with Gasteiger partial charge in [0.25, 0.3) is 5.91 Å². The van der Waals surface area contributed by atoms with E-state index in [0.717, 1.165) is 0 Å². The summed E-state index contributed by atoms with van der Waals surface area (Å²) in [6.07, 6.45) is 3.40. The number of amides is 5. The van der Waals surface area contributed by atoms with E-state index in [1.165, 1.54) is 24.2 Å². The van der Waals surface area contributed by atoms with Gasteiger partial charge in [-0.15, -0.1) is 0 Å². The highest BCUT2D eigenvalue weighted by atomic mass is 16.5. The third-order valence-electron chi connectivity index (χ3n) is 7.16. The molecule has 3 N–H and O–H groups in total. The van der Waals surface area contributed by atoms with Crippen molar-refractivity contribution in [3.05, 3.63) is 12.2 Å². The molecule has 41 heavy (non-hydrogen) atoms. The standard InChI is InChI=1S/C30H53N5O6/c1-17(2)14-22(32-29(39)23(15-18(3)4)33-30(40)27(19(5)6)34(9)10)28(38)31-20(7)12-13-25(36)35-21(8)24(41-11)16-26(35)37/h12-13,17-24,27H,14-16H2,1-11H3,(H,31,38)(H,32,39)(H,33,40)/b13-12+/t20-,21-,22-,23-,24?,27-/m0/s1. The fraction of sp³-hybridized carbons (Fsp3) is 0.767. The predicted molar refractivity (Wildman–Crippen MR) is 159 cm³/mol. The van der Waals surface area contributed by atoms with Crippen molar-refractivity contribution in [1.29, 1.82) is 0 Å². The molecule has 0 aromatic rings. The number of likely N-dealkylation sites (tertiary alicyclic amines) is 1. The summed E-state index contributed by atoms with van der Waals surface area (Å²) < 4.78 is 5.28. The Hall–Kier alpha value is -2.79. The number of carbonyl (C=O) groups is 5. The monoisotopic (exact) mass is 579 g/mol. The zero-order valence-corrected chi connectivity index (χ0v) is 26.8. The van der Waals surface area contributed by atoms with E-state index in [0.29, 0.717) is 12.8 Å². The highest BCUT2D eigenvalue weighted by molar-refractivity contribution is 6.03. The molecular weight excluding hydrogens is 526 g/mol. The summed E-state index contributed by atoms with van der Waals surface area (Å²) in [5.41, 5.74) is 0. The summed E-state index contributed by atoms with van der Waals surface area (Å²) in [4.78, 5) is 67.7. The van der Waals surface area contributed by atoms with Crippen LogP contribution in [0.25, 0.3) is 0 Å². The molecule has 11 heteroatoms. The molecule has 1 saturated heterocycles. The van der Waals surface area contributed by atoms with E-state index in [4.69, 9.17) is 4.74 Å². The van der Waals surface area contributed by atoms with Crippen LogP contribution >= 0.6 is 0 Å². The Morgan fingerprint density at radius 3 is 1.80 bits per heavy atom. The van der Waals surface area contributed by atoms with Crippen LogP contribution in [0.5, 0.6) is 0 Å². The zero-order chi connectivity index (χ0) is 31.6. The SMILES string of the molecule is COC1CC(=O)N(C(=O)/C=C/[C@H](C)NC(=O)[C@H](CC(C)C)NC(=O)[C@H](CC(C)C)NC(=O)[C@H](C(C)C)N(C)C)[C@H]1C. The minimum Gasteiger partial charge on any atom is -0.379 e. The first-order valence-electron chi connectivity index (χ1n) is 14.6. The third-order valence-corrected chi connectivity index (χ3v) is 7.16. The second-order valence-electron chi connectivity index (χ2n) is 12.5. The van der Waals surface area contributed by atoms with E-state index in [1.54, 1.807) is 13.8 Å². The molecule has 5 amide bonds. The molecule has 0 radical (unpaired) electrons. The summed E-state index contributed by atoms with van der Waals surface area (Å²) in [7, 11) is 5.16. The second-order valence-corrected chi connectivity index (χ2v) is 12.5. The van der Waals surface area contributed by atoms with Gasteiger partial charge >= 0.3 is 0 Å². The number of nitrogens with zero attached hydrogens (tertiary/aromatic N) is 2. The molecular formula is C30H53N5O6. The van der Waals surface area contributed by atoms with Gasteiger partial charge in [0.1, 0.15) is 12.1 Å². The minimum atomic E-state index is -0.835. The van der Waals surface area contributed by atoms with Gasteiger partial charge in [-0.1, -0.05) is 47.6 Å². The molecule has 0 aromatic carbocycles. The fourth-order valence-corrected chi connectivity index (χ4v) is 5.19. The largest absolute Gasteiger partial charge is 0.379 e. The molecule has 1 fully saturated rings. The summed E-state index contributed by atoms with van der Waals surface area (Å²) in [5.74, 6) is -1.54. The Bertz CT molecular complexity index is 940. The van der Waals surface area contributed by atoms with Crippen LogP contribution in [-0.2, 0) is 28.7 Å². The first-order chi connectivity index (χ1) is 19.0. The smallest absolute Gasteiger partial charge is 0.253 e. The fourth-order valence-electron chi connectivity index (χ4n) is 5.19. The Labute approximate surface area is 246 Å². The number of hydrogen-bond acceptors (Lipinski definition) is 7. The second kappa shape index (κ2) is 16.6. The molecule has 0 spiro atoms. The molecule has 0 aliphatic carbocycles. The molecule has 11 nitrogen and oxygen atoms in total. The van der Waals surface area contributed by atoms with Gasteiger partial charge in [0.05, 0.1) is 24.6 Å². The van der Waals surface area contributed by atoms with Gasteiger partial charge in [-0.25, -0.2) is 0 Å². The van der Waals surface area contributed by atoms with Crippen LogP contribution in [0.2, 0.25) is 0 Å². The maximum atomic E-state index is 13.4. The minimum absolute atomic E-state index is 0.0434. The van der Waals surface area contributed by atoms with Gasteiger partial charge in [-0.3, -0.25) is 33.8 Å². The summed E-state index contributed by atoms with van der Waals surface area (Å²) in [6.45, 7) is 15.2. The topological polar surface area (TPSA) is 137 Å². The van der Waals surface area contributed by atoms with Crippen LogP contribution in [0.4, 0.5) is 0 Å². The zero-order valence-electron chi connectivity index (χ0n) is 26.8. The average Bonchev–Trinajstić information content (AvgIpc) is 3.13. The van der Waals surface area contributed by atoms with E-state index in [2.05, 4.69) is 16.0 Å². The molecule has 0 saturated carbocycles. The maximum Gasteiger partial charge on any atom is 0.253 e. The number of nitrogens with one attached hydrogen (secondary N) is 3. The first kappa shape index (κ1) is 36.2.